The Bertz CT molecular complexity index is 377. The Morgan fingerprint density at radius 1 is 1.67 bits per heavy atom. The van der Waals surface area contributed by atoms with Crippen molar-refractivity contribution in [2.75, 3.05) is 11.9 Å². The summed E-state index contributed by atoms with van der Waals surface area (Å²) >= 11 is 3.32. The second kappa shape index (κ2) is 5.62. The van der Waals surface area contributed by atoms with E-state index < -0.39 is 10.0 Å². The van der Waals surface area contributed by atoms with Crippen LogP contribution >= 0.6 is 15.9 Å². The van der Waals surface area contributed by atoms with Crippen molar-refractivity contribution in [3.63, 3.8) is 0 Å². The van der Waals surface area contributed by atoms with Gasteiger partial charge in [0.05, 0.1) is 6.20 Å². The highest BCUT2D eigenvalue weighted by Gasteiger charge is 2.15. The van der Waals surface area contributed by atoms with Crippen molar-refractivity contribution in [3.05, 3.63) is 12.4 Å². The van der Waals surface area contributed by atoms with E-state index in [0.29, 0.717) is 12.5 Å². The molecule has 0 spiro atoms. The zero-order chi connectivity index (χ0) is 11.3. The fourth-order valence-corrected chi connectivity index (χ4v) is 2.86. The van der Waals surface area contributed by atoms with Gasteiger partial charge in [-0.15, -0.1) is 0 Å². The van der Waals surface area contributed by atoms with Gasteiger partial charge in [0.15, 0.2) is 0 Å². The molecule has 5 nitrogen and oxygen atoms in total. The second-order valence-corrected chi connectivity index (χ2v) is 5.93. The number of hydrogen-bond acceptors (Lipinski definition) is 3. The molecular formula is C8H14BrN3O2S. The van der Waals surface area contributed by atoms with Crippen LogP contribution in [0.2, 0.25) is 0 Å². The zero-order valence-corrected chi connectivity index (χ0v) is 10.8. The van der Waals surface area contributed by atoms with E-state index in [-0.39, 0.29) is 4.90 Å². The second-order valence-electron chi connectivity index (χ2n) is 3.37. The van der Waals surface area contributed by atoms with E-state index in [9.17, 15) is 8.42 Å². The summed E-state index contributed by atoms with van der Waals surface area (Å²) in [5.74, 6) is 0.311. The molecule has 0 saturated heterocycles. The van der Waals surface area contributed by atoms with Crippen molar-refractivity contribution in [1.82, 2.24) is 14.9 Å². The molecule has 0 bridgehead atoms. The normalized spacial score (nSPS) is 14.0. The van der Waals surface area contributed by atoms with E-state index in [0.717, 1.165) is 11.8 Å². The SMILES string of the molecule is CC(CCBr)CNS(=O)(=O)c1cn[nH]c1. The van der Waals surface area contributed by atoms with Crippen LogP contribution in [0.1, 0.15) is 13.3 Å². The molecule has 0 aliphatic carbocycles. The van der Waals surface area contributed by atoms with Gasteiger partial charge in [0.2, 0.25) is 10.0 Å². The number of alkyl halides is 1. The monoisotopic (exact) mass is 295 g/mol. The molecule has 0 radical (unpaired) electrons. The van der Waals surface area contributed by atoms with Crippen molar-refractivity contribution in [2.45, 2.75) is 18.2 Å². The maximum Gasteiger partial charge on any atom is 0.243 e. The first kappa shape index (κ1) is 12.7. The number of hydrogen-bond donors (Lipinski definition) is 2. The van der Waals surface area contributed by atoms with Gasteiger partial charge in [0.1, 0.15) is 4.90 Å². The minimum atomic E-state index is -3.39. The van der Waals surface area contributed by atoms with E-state index in [1.165, 1.54) is 12.4 Å². The third-order valence-corrected chi connectivity index (χ3v) is 3.86. The first-order valence-electron chi connectivity index (χ1n) is 4.60. The molecule has 1 heterocycles. The van der Waals surface area contributed by atoms with Crippen LogP contribution in [-0.4, -0.2) is 30.5 Å². The molecule has 2 N–H and O–H groups in total. The van der Waals surface area contributed by atoms with Gasteiger partial charge < -0.3 is 0 Å². The van der Waals surface area contributed by atoms with Gasteiger partial charge in [0, 0.05) is 18.1 Å². The van der Waals surface area contributed by atoms with Gasteiger partial charge in [-0.1, -0.05) is 22.9 Å². The first-order valence-corrected chi connectivity index (χ1v) is 7.21. The maximum atomic E-state index is 11.6. The standard InChI is InChI=1S/C8H14BrN3O2S/c1-7(2-3-9)4-12-15(13,14)8-5-10-11-6-8/h5-7,12H,2-4H2,1H3,(H,10,11). The average Bonchev–Trinajstić information content (AvgIpc) is 2.69. The van der Waals surface area contributed by atoms with Crippen molar-refractivity contribution >= 4 is 26.0 Å². The van der Waals surface area contributed by atoms with E-state index in [1.807, 2.05) is 6.92 Å². The predicted octanol–water partition coefficient (Wildman–Crippen LogP) is 1.11. The summed E-state index contributed by atoms with van der Waals surface area (Å²) in [4.78, 5) is 0.175. The molecule has 1 atom stereocenters. The fourth-order valence-electron chi connectivity index (χ4n) is 1.01. The third kappa shape index (κ3) is 3.92. The zero-order valence-electron chi connectivity index (χ0n) is 8.40. The predicted molar refractivity (Wildman–Crippen MR) is 61.4 cm³/mol. The highest BCUT2D eigenvalue weighted by Crippen LogP contribution is 2.07. The van der Waals surface area contributed by atoms with Crippen LogP contribution in [0.3, 0.4) is 0 Å². The van der Waals surface area contributed by atoms with Gasteiger partial charge in [-0.2, -0.15) is 5.10 Å². The van der Waals surface area contributed by atoms with Crippen molar-refractivity contribution in [2.24, 2.45) is 5.92 Å². The quantitative estimate of drug-likeness (QED) is 0.772. The smallest absolute Gasteiger partial charge is 0.243 e. The van der Waals surface area contributed by atoms with E-state index in [4.69, 9.17) is 0 Å². The number of rotatable bonds is 6. The Morgan fingerprint density at radius 3 is 2.93 bits per heavy atom. The molecular weight excluding hydrogens is 282 g/mol. The summed E-state index contributed by atoms with van der Waals surface area (Å²) < 4.78 is 25.8. The summed E-state index contributed by atoms with van der Waals surface area (Å²) in [7, 11) is -3.39. The summed E-state index contributed by atoms with van der Waals surface area (Å²) in [6.45, 7) is 2.44. The van der Waals surface area contributed by atoms with Crippen molar-refractivity contribution < 1.29 is 8.42 Å². The molecule has 7 heteroatoms. The Hall–Kier alpha value is -0.400. The minimum absolute atomic E-state index is 0.175. The van der Waals surface area contributed by atoms with Crippen LogP contribution in [0, 0.1) is 5.92 Å². The lowest BCUT2D eigenvalue weighted by molar-refractivity contribution is 0.532. The molecule has 1 rings (SSSR count). The maximum absolute atomic E-state index is 11.6. The van der Waals surface area contributed by atoms with Gasteiger partial charge >= 0.3 is 0 Å². The summed E-state index contributed by atoms with van der Waals surface area (Å²) in [6, 6.07) is 0. The number of aromatic nitrogens is 2. The van der Waals surface area contributed by atoms with Crippen LogP contribution < -0.4 is 4.72 Å². The molecule has 1 unspecified atom stereocenters. The number of aromatic amines is 1. The number of halogens is 1. The molecule has 0 fully saturated rings. The van der Waals surface area contributed by atoms with Gasteiger partial charge in [-0.3, -0.25) is 5.10 Å². The topological polar surface area (TPSA) is 74.8 Å². The van der Waals surface area contributed by atoms with Crippen LogP contribution in [0.15, 0.2) is 17.3 Å². The average molecular weight is 296 g/mol. The number of nitrogens with one attached hydrogen (secondary N) is 2. The molecule has 0 amide bonds. The summed E-state index contributed by atoms with van der Waals surface area (Å²) in [5, 5.41) is 6.95. The Morgan fingerprint density at radius 2 is 2.40 bits per heavy atom. The largest absolute Gasteiger partial charge is 0.284 e. The van der Waals surface area contributed by atoms with Gasteiger partial charge in [-0.25, -0.2) is 13.1 Å². The van der Waals surface area contributed by atoms with E-state index >= 15 is 0 Å². The fraction of sp³-hybridized carbons (Fsp3) is 0.625. The molecule has 1 aromatic rings. The van der Waals surface area contributed by atoms with Gasteiger partial charge in [0.25, 0.3) is 0 Å². The Labute approximate surface area is 97.8 Å². The highest BCUT2D eigenvalue weighted by atomic mass is 79.9. The summed E-state index contributed by atoms with van der Waals surface area (Å²) in [6.07, 6.45) is 3.59. The molecule has 0 aromatic carbocycles. The molecule has 86 valence electrons. The van der Waals surface area contributed by atoms with Crippen LogP contribution in [-0.2, 0) is 10.0 Å². The number of H-pyrrole nitrogens is 1. The molecule has 0 aliphatic rings. The van der Waals surface area contributed by atoms with Crippen molar-refractivity contribution in [3.8, 4) is 0 Å². The number of nitrogens with zero attached hydrogens (tertiary/aromatic N) is 1. The molecule has 15 heavy (non-hydrogen) atoms. The Balaban J connectivity index is 2.52. The van der Waals surface area contributed by atoms with Crippen molar-refractivity contribution in [1.29, 1.82) is 0 Å². The highest BCUT2D eigenvalue weighted by molar-refractivity contribution is 9.09. The molecule has 0 aliphatic heterocycles. The van der Waals surface area contributed by atoms with E-state index in [2.05, 4.69) is 30.8 Å². The lowest BCUT2D eigenvalue weighted by atomic mass is 10.1. The third-order valence-electron chi connectivity index (χ3n) is 2.01. The minimum Gasteiger partial charge on any atom is -0.284 e. The summed E-state index contributed by atoms with van der Waals surface area (Å²) in [5.41, 5.74) is 0. The molecule has 1 aromatic heterocycles. The Kier molecular flexibility index (Phi) is 4.75. The molecule has 0 saturated carbocycles. The van der Waals surface area contributed by atoms with E-state index in [1.54, 1.807) is 0 Å². The lowest BCUT2D eigenvalue weighted by Gasteiger charge is -2.10. The number of sulfonamides is 1. The van der Waals surface area contributed by atoms with Gasteiger partial charge in [-0.05, 0) is 12.3 Å². The van der Waals surface area contributed by atoms with Crippen LogP contribution in [0.4, 0.5) is 0 Å². The van der Waals surface area contributed by atoms with Crippen LogP contribution in [0.25, 0.3) is 0 Å². The lowest BCUT2D eigenvalue weighted by Crippen LogP contribution is -2.28. The first-order chi connectivity index (χ1) is 7.06. The van der Waals surface area contributed by atoms with Crippen LogP contribution in [0.5, 0.6) is 0 Å².